The maximum atomic E-state index is 13.1. The molecule has 2 unspecified atom stereocenters. The minimum Gasteiger partial charge on any atom is -0.393 e. The Labute approximate surface area is 110 Å². The number of benzene rings is 1. The van der Waals surface area contributed by atoms with Crippen LogP contribution in [0.5, 0.6) is 0 Å². The molecule has 0 saturated heterocycles. The second-order valence-corrected chi connectivity index (χ2v) is 4.88. The lowest BCUT2D eigenvalue weighted by Crippen LogP contribution is -2.21. The number of nitrogens with zero attached hydrogens (tertiary/aromatic N) is 1. The largest absolute Gasteiger partial charge is 0.393 e. The fraction of sp³-hybridized carbons (Fsp3) is 0.538. The van der Waals surface area contributed by atoms with Crippen molar-refractivity contribution in [2.45, 2.75) is 39.2 Å². The van der Waals surface area contributed by atoms with Gasteiger partial charge in [0.05, 0.1) is 11.0 Å². The van der Waals surface area contributed by atoms with Crippen LogP contribution in [-0.4, -0.2) is 16.1 Å². The summed E-state index contributed by atoms with van der Waals surface area (Å²) in [5, 5.41) is 20.4. The van der Waals surface area contributed by atoms with Crippen LogP contribution in [0, 0.1) is 16.0 Å². The number of nitro groups is 1. The highest BCUT2D eigenvalue weighted by Gasteiger charge is 2.28. The molecule has 0 heterocycles. The third kappa shape index (κ3) is 3.47. The average molecular weight is 273 g/mol. The molecule has 1 rings (SSSR count). The van der Waals surface area contributed by atoms with E-state index in [0.29, 0.717) is 0 Å². The molecule has 0 aromatic heterocycles. The third-order valence-corrected chi connectivity index (χ3v) is 3.11. The van der Waals surface area contributed by atoms with Crippen molar-refractivity contribution in [3.63, 3.8) is 0 Å². The van der Waals surface area contributed by atoms with Gasteiger partial charge in [-0.15, -0.1) is 0 Å². The Balaban J connectivity index is 3.37. The summed E-state index contributed by atoms with van der Waals surface area (Å²) < 4.78 is 26.1. The lowest BCUT2D eigenvalue weighted by Gasteiger charge is -2.26. The van der Waals surface area contributed by atoms with Crippen molar-refractivity contribution >= 4 is 5.69 Å². The number of nitro benzene ring substituents is 1. The van der Waals surface area contributed by atoms with Crippen LogP contribution in [0.4, 0.5) is 14.5 Å². The number of aliphatic hydroxyl groups is 1. The van der Waals surface area contributed by atoms with Gasteiger partial charge in [0.1, 0.15) is 0 Å². The Morgan fingerprint density at radius 1 is 1.21 bits per heavy atom. The number of aliphatic hydroxyl groups excluding tert-OH is 1. The Bertz CT molecular complexity index is 453. The number of halogens is 2. The summed E-state index contributed by atoms with van der Waals surface area (Å²) in [5.41, 5.74) is -0.480. The summed E-state index contributed by atoms with van der Waals surface area (Å²) in [6.45, 7) is 5.16. The molecule has 19 heavy (non-hydrogen) atoms. The van der Waals surface area contributed by atoms with Gasteiger partial charge in [0.2, 0.25) is 0 Å². The van der Waals surface area contributed by atoms with Crippen molar-refractivity contribution < 1.29 is 18.8 Å². The number of rotatable bonds is 5. The number of hydrogen-bond acceptors (Lipinski definition) is 3. The van der Waals surface area contributed by atoms with E-state index in [1.807, 2.05) is 13.8 Å². The van der Waals surface area contributed by atoms with Gasteiger partial charge in [-0.05, 0) is 18.4 Å². The van der Waals surface area contributed by atoms with E-state index < -0.39 is 23.4 Å². The molecule has 1 N–H and O–H groups in total. The lowest BCUT2D eigenvalue weighted by molar-refractivity contribution is -0.385. The molecule has 0 fully saturated rings. The Morgan fingerprint density at radius 2 is 1.79 bits per heavy atom. The molecule has 1 aromatic rings. The van der Waals surface area contributed by atoms with Crippen molar-refractivity contribution in [2.24, 2.45) is 5.92 Å². The Kier molecular flexibility index (Phi) is 4.94. The first kappa shape index (κ1) is 15.5. The van der Waals surface area contributed by atoms with Crippen LogP contribution in [0.1, 0.15) is 44.2 Å². The summed E-state index contributed by atoms with van der Waals surface area (Å²) in [6.07, 6.45) is -3.62. The third-order valence-electron chi connectivity index (χ3n) is 3.11. The zero-order chi connectivity index (χ0) is 14.7. The standard InChI is InChI=1S/C13H17F2NO3/c1-7(2)12(8(3)17)10-5-4-9(16(18)19)6-11(10)13(14)15/h4-8,12-13,17H,1-3H3. The monoisotopic (exact) mass is 273 g/mol. The molecule has 6 heteroatoms. The second kappa shape index (κ2) is 6.06. The normalized spacial score (nSPS) is 14.7. The van der Waals surface area contributed by atoms with Crippen molar-refractivity contribution in [1.82, 2.24) is 0 Å². The fourth-order valence-electron chi connectivity index (χ4n) is 2.34. The van der Waals surface area contributed by atoms with Gasteiger partial charge in [-0.1, -0.05) is 19.9 Å². The highest BCUT2D eigenvalue weighted by molar-refractivity contribution is 5.42. The van der Waals surface area contributed by atoms with Gasteiger partial charge in [0.25, 0.3) is 12.1 Å². The van der Waals surface area contributed by atoms with Crippen molar-refractivity contribution in [1.29, 1.82) is 0 Å². The summed E-state index contributed by atoms with van der Waals surface area (Å²) in [6, 6.07) is 3.40. The quantitative estimate of drug-likeness (QED) is 0.657. The molecule has 0 aliphatic heterocycles. The fourth-order valence-corrected chi connectivity index (χ4v) is 2.34. The van der Waals surface area contributed by atoms with Crippen LogP contribution in [0.2, 0.25) is 0 Å². The van der Waals surface area contributed by atoms with Gasteiger partial charge in [-0.2, -0.15) is 0 Å². The number of non-ortho nitro benzene ring substituents is 1. The van der Waals surface area contributed by atoms with E-state index in [1.165, 1.54) is 19.1 Å². The van der Waals surface area contributed by atoms with Gasteiger partial charge < -0.3 is 5.11 Å². The summed E-state index contributed by atoms with van der Waals surface area (Å²) in [4.78, 5) is 9.93. The maximum absolute atomic E-state index is 13.1. The van der Waals surface area contributed by atoms with Crippen LogP contribution < -0.4 is 0 Å². The predicted molar refractivity (Wildman–Crippen MR) is 67.3 cm³/mol. The van der Waals surface area contributed by atoms with Gasteiger partial charge in [0.15, 0.2) is 0 Å². The Morgan fingerprint density at radius 3 is 2.16 bits per heavy atom. The molecular formula is C13H17F2NO3. The van der Waals surface area contributed by atoms with Crippen LogP contribution in [-0.2, 0) is 0 Å². The first-order valence-corrected chi connectivity index (χ1v) is 6.00. The minimum atomic E-state index is -2.81. The Hall–Kier alpha value is -1.56. The van der Waals surface area contributed by atoms with Crippen LogP contribution in [0.15, 0.2) is 18.2 Å². The average Bonchev–Trinajstić information content (AvgIpc) is 2.27. The van der Waals surface area contributed by atoms with Crippen LogP contribution in [0.3, 0.4) is 0 Å². The molecular weight excluding hydrogens is 256 g/mol. The number of hydrogen-bond donors (Lipinski definition) is 1. The summed E-state index contributed by atoms with van der Waals surface area (Å²) in [7, 11) is 0. The van der Waals surface area contributed by atoms with Crippen molar-refractivity contribution in [3.8, 4) is 0 Å². The highest BCUT2D eigenvalue weighted by atomic mass is 19.3. The molecule has 0 aliphatic rings. The molecule has 0 amide bonds. The first-order chi connectivity index (χ1) is 8.75. The molecule has 1 aromatic carbocycles. The predicted octanol–water partition coefficient (Wildman–Crippen LogP) is 3.65. The molecule has 0 radical (unpaired) electrons. The van der Waals surface area contributed by atoms with Gasteiger partial charge in [0, 0.05) is 23.6 Å². The molecule has 106 valence electrons. The van der Waals surface area contributed by atoms with Gasteiger partial charge >= 0.3 is 0 Å². The van der Waals surface area contributed by atoms with Crippen molar-refractivity contribution in [2.75, 3.05) is 0 Å². The van der Waals surface area contributed by atoms with Gasteiger partial charge in [-0.3, -0.25) is 10.1 Å². The van der Waals surface area contributed by atoms with E-state index in [1.54, 1.807) is 0 Å². The van der Waals surface area contributed by atoms with E-state index in [-0.39, 0.29) is 22.7 Å². The molecule has 0 bridgehead atoms. The van der Waals surface area contributed by atoms with E-state index in [0.717, 1.165) is 6.07 Å². The summed E-state index contributed by atoms with van der Waals surface area (Å²) in [5.74, 6) is -0.538. The second-order valence-electron chi connectivity index (χ2n) is 4.88. The molecule has 0 aliphatic carbocycles. The van der Waals surface area contributed by atoms with Crippen LogP contribution >= 0.6 is 0 Å². The lowest BCUT2D eigenvalue weighted by atomic mass is 9.82. The van der Waals surface area contributed by atoms with E-state index in [9.17, 15) is 24.0 Å². The topological polar surface area (TPSA) is 63.4 Å². The zero-order valence-electron chi connectivity index (χ0n) is 11.0. The van der Waals surface area contributed by atoms with E-state index >= 15 is 0 Å². The van der Waals surface area contributed by atoms with Gasteiger partial charge in [-0.25, -0.2) is 8.78 Å². The first-order valence-electron chi connectivity index (χ1n) is 6.00. The maximum Gasteiger partial charge on any atom is 0.269 e. The zero-order valence-corrected chi connectivity index (χ0v) is 11.0. The molecule has 0 saturated carbocycles. The van der Waals surface area contributed by atoms with Crippen LogP contribution in [0.25, 0.3) is 0 Å². The SMILES string of the molecule is CC(C)C(c1ccc([N+](=O)[O-])cc1C(F)F)C(C)O. The molecule has 4 nitrogen and oxygen atoms in total. The number of alkyl halides is 2. The smallest absolute Gasteiger partial charge is 0.269 e. The van der Waals surface area contributed by atoms with E-state index in [2.05, 4.69) is 0 Å². The van der Waals surface area contributed by atoms with E-state index in [4.69, 9.17) is 0 Å². The summed E-state index contributed by atoms with van der Waals surface area (Å²) >= 11 is 0. The highest BCUT2D eigenvalue weighted by Crippen LogP contribution is 2.36. The van der Waals surface area contributed by atoms with Crippen molar-refractivity contribution in [3.05, 3.63) is 39.4 Å². The molecule has 2 atom stereocenters. The molecule has 0 spiro atoms. The minimum absolute atomic E-state index is 0.0565.